The smallest absolute Gasteiger partial charge is 0.200 e. The number of sulfonamides is 1. The summed E-state index contributed by atoms with van der Waals surface area (Å²) in [5.41, 5.74) is 2.05. The molecule has 5 heteroatoms. The van der Waals surface area contributed by atoms with Crippen LogP contribution in [0.2, 0.25) is 0 Å². The van der Waals surface area contributed by atoms with Gasteiger partial charge in [-0.3, -0.25) is 0 Å². The van der Waals surface area contributed by atoms with E-state index in [-0.39, 0.29) is 4.90 Å². The third kappa shape index (κ3) is 4.09. The van der Waals surface area contributed by atoms with E-state index in [9.17, 15) is 8.42 Å². The number of nitrogens with one attached hydrogen (secondary N) is 1. The second-order valence-electron chi connectivity index (χ2n) is 6.25. The van der Waals surface area contributed by atoms with Gasteiger partial charge in [-0.2, -0.15) is 13.5 Å². The van der Waals surface area contributed by atoms with Gasteiger partial charge in [-0.1, -0.05) is 44.4 Å². The lowest BCUT2D eigenvalue weighted by molar-refractivity contribution is 0.379. The van der Waals surface area contributed by atoms with E-state index >= 15 is 0 Å². The molecule has 1 aliphatic rings. The Bertz CT molecular complexity index is 621. The molecule has 0 heterocycles. The highest BCUT2D eigenvalue weighted by Crippen LogP contribution is 2.29. The van der Waals surface area contributed by atoms with Crippen molar-refractivity contribution in [3.8, 4) is 0 Å². The quantitative estimate of drug-likeness (QED) is 0.837. The Kier molecular flexibility index (Phi) is 5.62. The minimum atomic E-state index is -3.57. The summed E-state index contributed by atoms with van der Waals surface area (Å²) >= 11 is 0. The Balaban J connectivity index is 2.16. The molecule has 1 aliphatic carbocycles. The number of hydrogen-bond donors (Lipinski definition) is 1. The first kappa shape index (κ1) is 17.0. The zero-order chi connectivity index (χ0) is 16.2. The second kappa shape index (κ2) is 7.27. The van der Waals surface area contributed by atoms with Crippen molar-refractivity contribution in [2.45, 2.75) is 57.8 Å². The van der Waals surface area contributed by atoms with Crippen molar-refractivity contribution in [2.75, 3.05) is 0 Å². The monoisotopic (exact) mass is 322 g/mol. The molecule has 0 saturated heterocycles. The van der Waals surface area contributed by atoms with Crippen LogP contribution in [0.15, 0.2) is 34.3 Å². The van der Waals surface area contributed by atoms with Crippen LogP contribution < -0.4 is 4.83 Å². The van der Waals surface area contributed by atoms with Gasteiger partial charge in [0.25, 0.3) is 10.0 Å². The molecule has 1 aromatic rings. The Labute approximate surface area is 134 Å². The van der Waals surface area contributed by atoms with E-state index in [2.05, 4.69) is 23.8 Å². The molecule has 0 aromatic heterocycles. The SMILES string of the molecule is CC[C@@H](C)[C@@H]1CCCC/C1=N\NS(=O)(=O)c1ccc(C)cc1. The molecule has 1 aromatic carbocycles. The van der Waals surface area contributed by atoms with Gasteiger partial charge in [0.2, 0.25) is 0 Å². The Hall–Kier alpha value is -1.36. The maximum atomic E-state index is 12.3. The van der Waals surface area contributed by atoms with Gasteiger partial charge in [0, 0.05) is 11.6 Å². The van der Waals surface area contributed by atoms with E-state index in [0.29, 0.717) is 11.8 Å². The molecule has 4 nitrogen and oxygen atoms in total. The molecule has 0 spiro atoms. The molecular weight excluding hydrogens is 296 g/mol. The van der Waals surface area contributed by atoms with Crippen LogP contribution in [0.25, 0.3) is 0 Å². The molecule has 22 heavy (non-hydrogen) atoms. The maximum Gasteiger partial charge on any atom is 0.276 e. The summed E-state index contributed by atoms with van der Waals surface area (Å²) in [6.07, 6.45) is 5.40. The summed E-state index contributed by atoms with van der Waals surface area (Å²) in [5.74, 6) is 0.947. The standard InChI is InChI=1S/C17H26N2O2S/c1-4-14(3)16-7-5-6-8-17(16)18-19-22(20,21)15-11-9-13(2)10-12-15/h9-12,14,16,19H,4-8H2,1-3H3/b18-17+/t14-,16+/m1/s1. The van der Waals surface area contributed by atoms with Crippen LogP contribution >= 0.6 is 0 Å². The number of nitrogens with zero attached hydrogens (tertiary/aromatic N) is 1. The number of aryl methyl sites for hydroxylation is 1. The molecule has 1 saturated carbocycles. The van der Waals surface area contributed by atoms with Crippen molar-refractivity contribution in [1.82, 2.24) is 4.83 Å². The zero-order valence-corrected chi connectivity index (χ0v) is 14.5. The number of rotatable bonds is 5. The van der Waals surface area contributed by atoms with Gasteiger partial charge in [0.1, 0.15) is 0 Å². The normalized spacial score (nSPS) is 22.5. The average molecular weight is 322 g/mol. The summed E-state index contributed by atoms with van der Waals surface area (Å²) in [6, 6.07) is 6.82. The molecule has 2 rings (SSSR count). The predicted octanol–water partition coefficient (Wildman–Crippen LogP) is 3.87. The summed E-state index contributed by atoms with van der Waals surface area (Å²) in [7, 11) is -3.57. The average Bonchev–Trinajstić information content (AvgIpc) is 2.53. The van der Waals surface area contributed by atoms with Gasteiger partial charge in [-0.25, -0.2) is 4.83 Å². The molecule has 0 bridgehead atoms. The van der Waals surface area contributed by atoms with Crippen LogP contribution in [0.5, 0.6) is 0 Å². The molecule has 0 unspecified atom stereocenters. The largest absolute Gasteiger partial charge is 0.276 e. The van der Waals surface area contributed by atoms with E-state index < -0.39 is 10.0 Å². The van der Waals surface area contributed by atoms with Gasteiger partial charge in [-0.15, -0.1) is 0 Å². The van der Waals surface area contributed by atoms with Crippen LogP contribution in [-0.4, -0.2) is 14.1 Å². The fourth-order valence-electron chi connectivity index (χ4n) is 2.95. The highest BCUT2D eigenvalue weighted by Gasteiger charge is 2.25. The Morgan fingerprint density at radius 1 is 1.27 bits per heavy atom. The van der Waals surface area contributed by atoms with Crippen LogP contribution in [0.4, 0.5) is 0 Å². The second-order valence-corrected chi connectivity index (χ2v) is 7.91. The highest BCUT2D eigenvalue weighted by atomic mass is 32.2. The van der Waals surface area contributed by atoms with Crippen molar-refractivity contribution >= 4 is 15.7 Å². The molecule has 0 aliphatic heterocycles. The van der Waals surface area contributed by atoms with Crippen LogP contribution in [0.1, 0.15) is 51.5 Å². The molecule has 0 radical (unpaired) electrons. The molecule has 2 atom stereocenters. The topological polar surface area (TPSA) is 58.5 Å². The lowest BCUT2D eigenvalue weighted by Gasteiger charge is -2.28. The summed E-state index contributed by atoms with van der Waals surface area (Å²) in [5, 5.41) is 4.28. The first-order valence-electron chi connectivity index (χ1n) is 8.09. The van der Waals surface area contributed by atoms with Crippen molar-refractivity contribution in [2.24, 2.45) is 16.9 Å². The van der Waals surface area contributed by atoms with Gasteiger partial charge in [-0.05, 0) is 44.2 Å². The fourth-order valence-corrected chi connectivity index (χ4v) is 3.78. The van der Waals surface area contributed by atoms with Gasteiger partial charge < -0.3 is 0 Å². The molecular formula is C17H26N2O2S. The van der Waals surface area contributed by atoms with Crippen LogP contribution in [0.3, 0.4) is 0 Å². The number of benzene rings is 1. The Morgan fingerprint density at radius 2 is 1.95 bits per heavy atom. The fraction of sp³-hybridized carbons (Fsp3) is 0.588. The van der Waals surface area contributed by atoms with E-state index in [0.717, 1.165) is 37.0 Å². The van der Waals surface area contributed by atoms with Gasteiger partial charge in [0.15, 0.2) is 0 Å². The van der Waals surface area contributed by atoms with Crippen molar-refractivity contribution < 1.29 is 8.42 Å². The van der Waals surface area contributed by atoms with Crippen LogP contribution in [-0.2, 0) is 10.0 Å². The van der Waals surface area contributed by atoms with E-state index in [4.69, 9.17) is 0 Å². The van der Waals surface area contributed by atoms with Crippen LogP contribution in [0, 0.1) is 18.8 Å². The van der Waals surface area contributed by atoms with Crippen molar-refractivity contribution in [3.63, 3.8) is 0 Å². The predicted molar refractivity (Wildman–Crippen MR) is 90.3 cm³/mol. The summed E-state index contributed by atoms with van der Waals surface area (Å²) < 4.78 is 24.6. The van der Waals surface area contributed by atoms with Gasteiger partial charge in [0.05, 0.1) is 4.90 Å². The highest BCUT2D eigenvalue weighted by molar-refractivity contribution is 7.89. The molecule has 1 fully saturated rings. The lowest BCUT2D eigenvalue weighted by atomic mass is 9.78. The maximum absolute atomic E-state index is 12.3. The number of hydrazone groups is 1. The minimum Gasteiger partial charge on any atom is -0.200 e. The first-order chi connectivity index (χ1) is 10.4. The molecule has 0 amide bonds. The van der Waals surface area contributed by atoms with E-state index in [1.165, 1.54) is 6.42 Å². The molecule has 1 N–H and O–H groups in total. The summed E-state index contributed by atoms with van der Waals surface area (Å²) in [4.78, 5) is 2.70. The Morgan fingerprint density at radius 3 is 2.59 bits per heavy atom. The number of hydrogen-bond acceptors (Lipinski definition) is 3. The minimum absolute atomic E-state index is 0.262. The third-order valence-corrected chi connectivity index (χ3v) is 5.82. The lowest BCUT2D eigenvalue weighted by Crippen LogP contribution is -2.29. The third-order valence-electron chi connectivity index (χ3n) is 4.60. The molecule has 122 valence electrons. The summed E-state index contributed by atoms with van der Waals surface area (Å²) in [6.45, 7) is 6.33. The van der Waals surface area contributed by atoms with E-state index in [1.807, 2.05) is 6.92 Å². The van der Waals surface area contributed by atoms with E-state index in [1.54, 1.807) is 24.3 Å². The zero-order valence-electron chi connectivity index (χ0n) is 13.7. The van der Waals surface area contributed by atoms with Crippen molar-refractivity contribution in [1.29, 1.82) is 0 Å². The first-order valence-corrected chi connectivity index (χ1v) is 9.57. The van der Waals surface area contributed by atoms with Gasteiger partial charge >= 0.3 is 0 Å². The van der Waals surface area contributed by atoms with Crippen molar-refractivity contribution in [3.05, 3.63) is 29.8 Å².